The van der Waals surface area contributed by atoms with Crippen molar-refractivity contribution in [1.29, 1.82) is 0 Å². The fourth-order valence-electron chi connectivity index (χ4n) is 0.0783. The third-order valence-corrected chi connectivity index (χ3v) is 0.738. The minimum Gasteiger partial charge on any atom is -0.345 e. The molecule has 0 bridgehead atoms. The normalized spacial score (nSPS) is 7.71. The van der Waals surface area contributed by atoms with Crippen LogP contribution in [0.2, 0.25) is 0 Å². The Labute approximate surface area is 50.7 Å². The van der Waals surface area contributed by atoms with E-state index in [2.05, 4.69) is 29.6 Å². The van der Waals surface area contributed by atoms with Gasteiger partial charge in [-0.15, -0.1) is 0 Å². The first-order valence-electron chi connectivity index (χ1n) is 1.54. The maximum Gasteiger partial charge on any atom is 0.258 e. The van der Waals surface area contributed by atoms with E-state index in [4.69, 9.17) is 0 Å². The Morgan fingerprint density at radius 1 is 1.86 bits per heavy atom. The van der Waals surface area contributed by atoms with Gasteiger partial charge in [0.05, 0.1) is 11.5 Å². The molecule has 38 valence electrons. The number of amides is 1. The molecule has 1 amide bonds. The van der Waals surface area contributed by atoms with Gasteiger partial charge in [0.1, 0.15) is 0 Å². The fraction of sp³-hybridized carbons (Fsp3) is 0. The average Bonchev–Trinajstić information content (AvgIpc) is 1.65. The lowest BCUT2D eigenvalue weighted by Gasteiger charge is -1.89. The predicted molar refractivity (Wildman–Crippen MR) is 30.5 cm³/mol. The molecule has 0 aliphatic rings. The lowest BCUT2D eigenvalue weighted by molar-refractivity contribution is -0.115. The molecule has 0 atom stereocenters. The van der Waals surface area contributed by atoms with E-state index in [1.807, 2.05) is 5.32 Å². The van der Waals surface area contributed by atoms with Gasteiger partial charge in [-0.3, -0.25) is 4.79 Å². The van der Waals surface area contributed by atoms with Gasteiger partial charge in [0.15, 0.2) is 0 Å². The van der Waals surface area contributed by atoms with E-state index in [1.54, 1.807) is 0 Å². The minimum absolute atomic E-state index is 0.231. The monoisotopic (exact) mass is 161 g/mol. The van der Waals surface area contributed by atoms with Gasteiger partial charge >= 0.3 is 0 Å². The number of hydrogen-bond acceptors (Lipinski definition) is 1. The summed E-state index contributed by atoms with van der Waals surface area (Å²) in [6.07, 6.45) is 0. The first-order chi connectivity index (χ1) is 3.18. The van der Waals surface area contributed by atoms with E-state index >= 15 is 0 Å². The quantitative estimate of drug-likeness (QED) is 0.445. The Morgan fingerprint density at radius 3 is 2.29 bits per heavy atom. The van der Waals surface area contributed by atoms with Gasteiger partial charge in [0, 0.05) is 0 Å². The highest BCUT2D eigenvalue weighted by molar-refractivity contribution is 9.12. The number of halogens is 1. The van der Waals surface area contributed by atoms with Crippen molar-refractivity contribution in [2.45, 2.75) is 0 Å². The van der Waals surface area contributed by atoms with Crippen LogP contribution < -0.4 is 5.32 Å². The van der Waals surface area contributed by atoms with Crippen molar-refractivity contribution < 1.29 is 4.79 Å². The molecule has 0 aromatic rings. The molecule has 2 radical (unpaired) electrons. The average molecular weight is 162 g/mol. The first-order valence-corrected chi connectivity index (χ1v) is 2.33. The van der Waals surface area contributed by atoms with Crippen molar-refractivity contribution in [3.05, 3.63) is 18.1 Å². The van der Waals surface area contributed by atoms with Crippen molar-refractivity contribution in [2.24, 2.45) is 0 Å². The van der Waals surface area contributed by atoms with Crippen LogP contribution >= 0.6 is 15.9 Å². The second-order valence-electron chi connectivity index (χ2n) is 0.878. The molecule has 0 saturated heterocycles. The Bertz CT molecular complexity index is 99.9. The Kier molecular flexibility index (Phi) is 2.67. The molecule has 0 aliphatic carbocycles. The van der Waals surface area contributed by atoms with Gasteiger partial charge in [-0.05, 0) is 15.9 Å². The predicted octanol–water partition coefficient (Wildman–Crippen LogP) is 0.680. The second-order valence-corrected chi connectivity index (χ2v) is 1.84. The van der Waals surface area contributed by atoms with E-state index in [0.717, 1.165) is 0 Å². The van der Waals surface area contributed by atoms with Gasteiger partial charge in [-0.2, -0.15) is 0 Å². The van der Waals surface area contributed by atoms with Crippen LogP contribution in [-0.4, -0.2) is 5.91 Å². The zero-order valence-electron chi connectivity index (χ0n) is 3.57. The molecule has 0 rings (SSSR count). The van der Waals surface area contributed by atoms with E-state index in [9.17, 15) is 4.79 Å². The number of carbonyl (C=O) groups is 1. The molecule has 0 fully saturated rings. The Balaban J connectivity index is 3.58. The Morgan fingerprint density at radius 2 is 2.29 bits per heavy atom. The second kappa shape index (κ2) is 2.80. The first kappa shape index (κ1) is 6.69. The number of hydrogen-bond donors (Lipinski definition) is 1. The Hall–Kier alpha value is -0.310. The smallest absolute Gasteiger partial charge is 0.258 e. The summed E-state index contributed by atoms with van der Waals surface area (Å²) in [5.41, 5.74) is 0. The molecule has 0 aromatic heterocycles. The highest BCUT2D eigenvalue weighted by Crippen LogP contribution is 1.97. The van der Waals surface area contributed by atoms with Crippen LogP contribution in [0.4, 0.5) is 0 Å². The van der Waals surface area contributed by atoms with E-state index in [0.29, 0.717) is 0 Å². The minimum atomic E-state index is -0.403. The summed E-state index contributed by atoms with van der Waals surface area (Å²) < 4.78 is 0.231. The van der Waals surface area contributed by atoms with Crippen LogP contribution in [0.1, 0.15) is 0 Å². The summed E-state index contributed by atoms with van der Waals surface area (Å²) >= 11 is 2.81. The van der Waals surface area contributed by atoms with E-state index < -0.39 is 5.91 Å². The SMILES string of the molecule is [CH]NC(=O)C(=C)Br. The van der Waals surface area contributed by atoms with Crippen molar-refractivity contribution in [3.8, 4) is 0 Å². The van der Waals surface area contributed by atoms with Gasteiger partial charge in [0.25, 0.3) is 5.91 Å². The molecule has 0 unspecified atom stereocenters. The number of nitrogens with one attached hydrogen (secondary N) is 1. The lowest BCUT2D eigenvalue weighted by Crippen LogP contribution is -2.13. The standard InChI is InChI=1S/C4H4BrNO/c1-3(5)4(7)6-2/h2H,1H2,(H,6,7). The molecule has 7 heavy (non-hydrogen) atoms. The van der Waals surface area contributed by atoms with Crippen LogP contribution in [0.5, 0.6) is 0 Å². The van der Waals surface area contributed by atoms with Crippen molar-refractivity contribution in [2.75, 3.05) is 0 Å². The molecule has 0 aromatic carbocycles. The molecule has 3 heteroatoms. The fourth-order valence-corrected chi connectivity index (χ4v) is 0.193. The maximum absolute atomic E-state index is 10.1. The third-order valence-electron chi connectivity index (χ3n) is 0.377. The van der Waals surface area contributed by atoms with Crippen molar-refractivity contribution in [3.63, 3.8) is 0 Å². The highest BCUT2D eigenvalue weighted by Gasteiger charge is 1.95. The van der Waals surface area contributed by atoms with Crippen LogP contribution in [0, 0.1) is 7.05 Å². The van der Waals surface area contributed by atoms with Gasteiger partial charge in [-0.1, -0.05) is 6.58 Å². The molecule has 0 spiro atoms. The maximum atomic E-state index is 10.1. The van der Waals surface area contributed by atoms with E-state index in [1.165, 1.54) is 0 Å². The van der Waals surface area contributed by atoms with Crippen LogP contribution in [0.3, 0.4) is 0 Å². The van der Waals surface area contributed by atoms with Crippen molar-refractivity contribution >= 4 is 21.8 Å². The van der Waals surface area contributed by atoms with Crippen LogP contribution in [0.25, 0.3) is 0 Å². The van der Waals surface area contributed by atoms with Crippen LogP contribution in [-0.2, 0) is 4.79 Å². The molecule has 0 aliphatic heterocycles. The molecule has 2 nitrogen and oxygen atoms in total. The summed E-state index contributed by atoms with van der Waals surface area (Å²) in [6.45, 7) is 3.25. The molecule has 0 heterocycles. The molecular weight excluding hydrogens is 158 g/mol. The van der Waals surface area contributed by atoms with Gasteiger partial charge in [-0.25, -0.2) is 0 Å². The summed E-state index contributed by atoms with van der Waals surface area (Å²) in [4.78, 5) is 10.1. The number of rotatable bonds is 1. The summed E-state index contributed by atoms with van der Waals surface area (Å²) in [7, 11) is 4.68. The van der Waals surface area contributed by atoms with Crippen LogP contribution in [0.15, 0.2) is 11.1 Å². The lowest BCUT2D eigenvalue weighted by atomic mass is 10.6. The van der Waals surface area contributed by atoms with E-state index in [-0.39, 0.29) is 4.48 Å². The molecule has 1 N–H and O–H groups in total. The summed E-state index contributed by atoms with van der Waals surface area (Å²) in [5.74, 6) is -0.403. The zero-order chi connectivity index (χ0) is 5.86. The zero-order valence-corrected chi connectivity index (χ0v) is 5.16. The van der Waals surface area contributed by atoms with Gasteiger partial charge < -0.3 is 5.32 Å². The number of carbonyl (C=O) groups excluding carboxylic acids is 1. The molecular formula is C4H4BrNO. The summed E-state index contributed by atoms with van der Waals surface area (Å²) in [6, 6.07) is 0. The molecule has 0 saturated carbocycles. The third kappa shape index (κ3) is 2.39. The topological polar surface area (TPSA) is 29.1 Å². The largest absolute Gasteiger partial charge is 0.345 e. The van der Waals surface area contributed by atoms with Crippen molar-refractivity contribution in [1.82, 2.24) is 5.32 Å². The highest BCUT2D eigenvalue weighted by atomic mass is 79.9. The van der Waals surface area contributed by atoms with Gasteiger partial charge in [0.2, 0.25) is 0 Å². The summed E-state index contributed by atoms with van der Waals surface area (Å²) in [5, 5.41) is 1.88.